The van der Waals surface area contributed by atoms with Crippen LogP contribution in [0, 0.1) is 6.92 Å². The highest BCUT2D eigenvalue weighted by Crippen LogP contribution is 2.26. The third-order valence-electron chi connectivity index (χ3n) is 6.73. The van der Waals surface area contributed by atoms with Crippen molar-refractivity contribution in [2.75, 3.05) is 38.7 Å². The molecule has 2 saturated heterocycles. The topological polar surface area (TPSA) is 77.2 Å². The van der Waals surface area contributed by atoms with Gasteiger partial charge in [-0.15, -0.1) is 0 Å². The summed E-state index contributed by atoms with van der Waals surface area (Å²) in [5, 5.41) is 3.51. The highest BCUT2D eigenvalue weighted by Gasteiger charge is 2.24. The lowest BCUT2D eigenvalue weighted by Crippen LogP contribution is -2.37. The van der Waals surface area contributed by atoms with E-state index in [1.165, 1.54) is 0 Å². The lowest BCUT2D eigenvalue weighted by molar-refractivity contribution is 0.0686. The van der Waals surface area contributed by atoms with E-state index in [1.807, 2.05) is 48.0 Å². The van der Waals surface area contributed by atoms with E-state index >= 15 is 0 Å². The second-order valence-corrected chi connectivity index (χ2v) is 9.21. The van der Waals surface area contributed by atoms with Crippen LogP contribution in [-0.4, -0.2) is 63.4 Å². The first-order valence-corrected chi connectivity index (χ1v) is 11.9. The van der Waals surface area contributed by atoms with Crippen LogP contribution in [0.1, 0.15) is 37.3 Å². The van der Waals surface area contributed by atoms with E-state index < -0.39 is 0 Å². The molecule has 33 heavy (non-hydrogen) atoms. The summed E-state index contributed by atoms with van der Waals surface area (Å²) in [6, 6.07) is 10.4. The fourth-order valence-corrected chi connectivity index (χ4v) is 4.79. The lowest BCUT2D eigenvalue weighted by Gasteiger charge is -2.29. The van der Waals surface area contributed by atoms with Gasteiger partial charge in [0, 0.05) is 37.7 Å². The molecule has 1 N–H and O–H groups in total. The number of hydrogen-bond acceptors (Lipinski definition) is 6. The minimum Gasteiger partial charge on any atom is -0.381 e. The molecule has 8 nitrogen and oxygen atoms in total. The highest BCUT2D eigenvalue weighted by molar-refractivity contribution is 5.59. The molecule has 0 aliphatic carbocycles. The summed E-state index contributed by atoms with van der Waals surface area (Å²) >= 11 is 0. The first kappa shape index (κ1) is 21.9. The number of aryl methyl sites for hydroxylation is 1. The Morgan fingerprint density at radius 3 is 2.64 bits per heavy atom. The molecule has 0 unspecified atom stereocenters. The van der Waals surface area contributed by atoms with Crippen LogP contribution >= 0.6 is 0 Å². The molecule has 174 valence electrons. The summed E-state index contributed by atoms with van der Waals surface area (Å²) in [4.78, 5) is 25.3. The minimum absolute atomic E-state index is 0.0362. The van der Waals surface area contributed by atoms with Crippen LogP contribution in [0.25, 0.3) is 17.1 Å². The third kappa shape index (κ3) is 4.72. The van der Waals surface area contributed by atoms with E-state index in [0.29, 0.717) is 25.2 Å². The summed E-state index contributed by atoms with van der Waals surface area (Å²) < 4.78 is 9.17. The van der Waals surface area contributed by atoms with Crippen molar-refractivity contribution in [3.05, 3.63) is 58.8 Å². The van der Waals surface area contributed by atoms with Crippen molar-refractivity contribution < 1.29 is 4.74 Å². The number of aromatic nitrogens is 4. The molecule has 2 aromatic heterocycles. The Kier molecular flexibility index (Phi) is 6.28. The lowest BCUT2D eigenvalue weighted by atomic mass is 10.1. The van der Waals surface area contributed by atoms with E-state index in [-0.39, 0.29) is 11.7 Å². The van der Waals surface area contributed by atoms with Gasteiger partial charge in [-0.3, -0.25) is 9.13 Å². The molecule has 0 bridgehead atoms. The third-order valence-corrected chi connectivity index (χ3v) is 6.73. The normalized spacial score (nSPS) is 18.5. The van der Waals surface area contributed by atoms with Crippen molar-refractivity contribution >= 4 is 5.95 Å². The molecule has 4 heterocycles. The summed E-state index contributed by atoms with van der Waals surface area (Å²) in [7, 11) is 2.15. The largest absolute Gasteiger partial charge is 0.381 e. The molecule has 0 radical (unpaired) electrons. The summed E-state index contributed by atoms with van der Waals surface area (Å²) in [6.45, 7) is 5.54. The maximum atomic E-state index is 13.6. The molecule has 3 aromatic rings. The number of hydrogen-bond donors (Lipinski definition) is 1. The number of anilines is 1. The molecule has 2 fully saturated rings. The van der Waals surface area contributed by atoms with Crippen molar-refractivity contribution in [2.24, 2.45) is 0 Å². The van der Waals surface area contributed by atoms with Gasteiger partial charge >= 0.3 is 5.69 Å². The molecule has 5 rings (SSSR count). The van der Waals surface area contributed by atoms with Crippen LogP contribution in [-0.2, 0) is 4.74 Å². The second kappa shape index (κ2) is 9.49. The van der Waals surface area contributed by atoms with Gasteiger partial charge in [0.15, 0.2) is 0 Å². The van der Waals surface area contributed by atoms with E-state index in [0.717, 1.165) is 61.4 Å². The number of rotatable bonds is 5. The molecule has 0 saturated carbocycles. The smallest absolute Gasteiger partial charge is 0.333 e. The molecule has 0 amide bonds. The zero-order chi connectivity index (χ0) is 22.8. The van der Waals surface area contributed by atoms with Gasteiger partial charge in [0.05, 0.1) is 17.1 Å². The number of benzene rings is 1. The maximum absolute atomic E-state index is 13.6. The van der Waals surface area contributed by atoms with Crippen molar-refractivity contribution in [1.82, 2.24) is 24.0 Å². The molecule has 0 spiro atoms. The van der Waals surface area contributed by atoms with Gasteiger partial charge < -0.3 is 15.0 Å². The number of imidazole rings is 1. The predicted octanol–water partition coefficient (Wildman–Crippen LogP) is 3.26. The number of likely N-dealkylation sites (tertiary alicyclic amines) is 1. The highest BCUT2D eigenvalue weighted by atomic mass is 16.5. The van der Waals surface area contributed by atoms with Gasteiger partial charge in [0.1, 0.15) is 0 Å². The molecular weight excluding hydrogens is 416 g/mol. The van der Waals surface area contributed by atoms with Gasteiger partial charge in [0.25, 0.3) is 0 Å². The molecular formula is C25H32N6O2. The summed E-state index contributed by atoms with van der Waals surface area (Å²) in [6.07, 6.45) is 7.54. The van der Waals surface area contributed by atoms with Crippen LogP contribution in [0.4, 0.5) is 5.95 Å². The maximum Gasteiger partial charge on any atom is 0.333 e. The van der Waals surface area contributed by atoms with Gasteiger partial charge in [-0.05, 0) is 76.5 Å². The van der Waals surface area contributed by atoms with Crippen molar-refractivity contribution in [1.29, 1.82) is 0 Å². The van der Waals surface area contributed by atoms with Crippen LogP contribution in [0.2, 0.25) is 0 Å². The van der Waals surface area contributed by atoms with Crippen LogP contribution in [0.15, 0.2) is 47.5 Å². The first-order chi connectivity index (χ1) is 16.1. The Morgan fingerprint density at radius 2 is 1.88 bits per heavy atom. The van der Waals surface area contributed by atoms with Crippen LogP contribution in [0.5, 0.6) is 0 Å². The van der Waals surface area contributed by atoms with Gasteiger partial charge in [-0.25, -0.2) is 14.8 Å². The van der Waals surface area contributed by atoms with Crippen molar-refractivity contribution in [3.8, 4) is 17.1 Å². The predicted molar refractivity (Wildman–Crippen MR) is 129 cm³/mol. The Morgan fingerprint density at radius 1 is 1.09 bits per heavy atom. The monoisotopic (exact) mass is 448 g/mol. The van der Waals surface area contributed by atoms with Crippen molar-refractivity contribution in [2.45, 2.75) is 44.7 Å². The van der Waals surface area contributed by atoms with Crippen molar-refractivity contribution in [3.63, 3.8) is 0 Å². The fraction of sp³-hybridized carbons (Fsp3) is 0.480. The Labute approximate surface area is 194 Å². The Balaban J connectivity index is 1.53. The van der Waals surface area contributed by atoms with E-state index in [1.54, 1.807) is 10.8 Å². The number of ether oxygens (including phenoxy) is 1. The summed E-state index contributed by atoms with van der Waals surface area (Å²) in [5.41, 5.74) is 3.45. The zero-order valence-electron chi connectivity index (χ0n) is 19.4. The average molecular weight is 449 g/mol. The first-order valence-electron chi connectivity index (χ1n) is 11.9. The van der Waals surface area contributed by atoms with Gasteiger partial charge in [0.2, 0.25) is 5.95 Å². The molecule has 1 aromatic carbocycles. The quantitative estimate of drug-likeness (QED) is 0.646. The van der Waals surface area contributed by atoms with E-state index in [4.69, 9.17) is 9.72 Å². The summed E-state index contributed by atoms with van der Waals surface area (Å²) in [5.74, 6) is 0.615. The van der Waals surface area contributed by atoms with E-state index in [2.05, 4.69) is 22.2 Å². The Hall–Kier alpha value is -2.97. The standard InChI is InChI=1S/C25H32N6O2/c1-18-4-3-5-21(16-18)31-23(17-30(25(31)32)20-9-14-33-15-10-20)22-6-11-26-24(28-22)27-19-7-12-29(2)13-8-19/h3-6,11,16-17,19-20H,7-10,12-15H2,1-2H3,(H,26,27,28). The molecule has 8 heteroatoms. The minimum atomic E-state index is -0.0362. The second-order valence-electron chi connectivity index (χ2n) is 9.21. The Bertz CT molecular complexity index is 1160. The molecule has 0 atom stereocenters. The average Bonchev–Trinajstić information content (AvgIpc) is 3.18. The van der Waals surface area contributed by atoms with Gasteiger partial charge in [-0.2, -0.15) is 0 Å². The molecule has 2 aliphatic rings. The van der Waals surface area contributed by atoms with Crippen LogP contribution < -0.4 is 11.0 Å². The van der Waals surface area contributed by atoms with Gasteiger partial charge in [-0.1, -0.05) is 12.1 Å². The fourth-order valence-electron chi connectivity index (χ4n) is 4.79. The van der Waals surface area contributed by atoms with E-state index in [9.17, 15) is 4.79 Å². The van der Waals surface area contributed by atoms with Crippen LogP contribution in [0.3, 0.4) is 0 Å². The molecule has 2 aliphatic heterocycles. The SMILES string of the molecule is Cc1cccc(-n2c(-c3ccnc(NC4CCN(C)CC4)n3)cn(C3CCOCC3)c2=O)c1. The number of nitrogens with one attached hydrogen (secondary N) is 1. The number of nitrogens with zero attached hydrogens (tertiary/aromatic N) is 5. The zero-order valence-corrected chi connectivity index (χ0v) is 19.4. The number of piperidine rings is 1.